The van der Waals surface area contributed by atoms with Crippen molar-refractivity contribution in [3.8, 4) is 11.5 Å². The molecular formula is C22H27N3O4. The average molecular weight is 397 g/mol. The third kappa shape index (κ3) is 5.40. The van der Waals surface area contributed by atoms with Gasteiger partial charge in [-0.3, -0.25) is 4.79 Å². The Labute approximate surface area is 171 Å². The molecule has 1 atom stereocenters. The summed E-state index contributed by atoms with van der Waals surface area (Å²) in [6.07, 6.45) is 1.56. The molecule has 1 fully saturated rings. The van der Waals surface area contributed by atoms with Crippen LogP contribution in [0.4, 0.5) is 10.5 Å². The minimum absolute atomic E-state index is 0.0526. The summed E-state index contributed by atoms with van der Waals surface area (Å²) in [5, 5.41) is 5.85. The highest BCUT2D eigenvalue weighted by molar-refractivity contribution is 5.93. The van der Waals surface area contributed by atoms with Gasteiger partial charge in [0.2, 0.25) is 5.91 Å². The molecule has 7 nitrogen and oxygen atoms in total. The molecule has 3 rings (SSSR count). The molecule has 0 aromatic heterocycles. The number of piperidine rings is 1. The lowest BCUT2D eigenvalue weighted by atomic mass is 9.97. The van der Waals surface area contributed by atoms with Crippen molar-refractivity contribution in [1.82, 2.24) is 10.2 Å². The normalized spacial score (nSPS) is 16.1. The molecule has 29 heavy (non-hydrogen) atoms. The van der Waals surface area contributed by atoms with Crippen LogP contribution >= 0.6 is 0 Å². The van der Waals surface area contributed by atoms with Crippen molar-refractivity contribution in [2.24, 2.45) is 5.92 Å². The summed E-state index contributed by atoms with van der Waals surface area (Å²) < 4.78 is 10.6. The largest absolute Gasteiger partial charge is 0.497 e. The van der Waals surface area contributed by atoms with Crippen LogP contribution in [0.3, 0.4) is 0 Å². The number of benzene rings is 2. The van der Waals surface area contributed by atoms with Gasteiger partial charge in [0.05, 0.1) is 20.1 Å². The van der Waals surface area contributed by atoms with Crippen LogP contribution in [-0.4, -0.2) is 44.1 Å². The molecule has 1 unspecified atom stereocenters. The first-order valence-electron chi connectivity index (χ1n) is 9.70. The SMILES string of the molecule is COc1ccc(OC)c(CNC(=O)N2CCCC(C(=O)Nc3ccccc3)C2)c1. The summed E-state index contributed by atoms with van der Waals surface area (Å²) in [6, 6.07) is 14.6. The quantitative estimate of drug-likeness (QED) is 0.784. The Morgan fingerprint density at radius 2 is 1.90 bits per heavy atom. The molecule has 1 saturated heterocycles. The lowest BCUT2D eigenvalue weighted by Crippen LogP contribution is -2.47. The molecule has 0 radical (unpaired) electrons. The van der Waals surface area contributed by atoms with Crippen molar-refractivity contribution < 1.29 is 19.1 Å². The number of nitrogens with one attached hydrogen (secondary N) is 2. The third-order valence-electron chi connectivity index (χ3n) is 5.04. The number of ether oxygens (including phenoxy) is 2. The molecule has 0 spiro atoms. The average Bonchev–Trinajstić information content (AvgIpc) is 2.78. The number of amides is 3. The van der Waals surface area contributed by atoms with Gasteiger partial charge < -0.3 is 25.0 Å². The molecule has 1 aliphatic heterocycles. The Balaban J connectivity index is 1.56. The zero-order valence-electron chi connectivity index (χ0n) is 16.8. The van der Waals surface area contributed by atoms with Crippen LogP contribution < -0.4 is 20.1 Å². The van der Waals surface area contributed by atoms with E-state index in [0.717, 1.165) is 24.1 Å². The van der Waals surface area contributed by atoms with E-state index in [-0.39, 0.29) is 17.9 Å². The number of anilines is 1. The Morgan fingerprint density at radius 1 is 1.10 bits per heavy atom. The van der Waals surface area contributed by atoms with Crippen molar-refractivity contribution in [3.05, 3.63) is 54.1 Å². The molecule has 154 valence electrons. The van der Waals surface area contributed by atoms with Gasteiger partial charge in [-0.1, -0.05) is 18.2 Å². The predicted molar refractivity (Wildman–Crippen MR) is 111 cm³/mol. The summed E-state index contributed by atoms with van der Waals surface area (Å²) in [5.41, 5.74) is 1.60. The first kappa shape index (κ1) is 20.5. The number of hydrogen-bond acceptors (Lipinski definition) is 4. The molecule has 2 N–H and O–H groups in total. The number of carbonyl (C=O) groups excluding carboxylic acids is 2. The van der Waals surface area contributed by atoms with Crippen molar-refractivity contribution in [1.29, 1.82) is 0 Å². The van der Waals surface area contributed by atoms with Gasteiger partial charge in [-0.2, -0.15) is 0 Å². The topological polar surface area (TPSA) is 79.9 Å². The van der Waals surface area contributed by atoms with Gasteiger partial charge in [0.25, 0.3) is 0 Å². The molecule has 1 aliphatic rings. The Morgan fingerprint density at radius 3 is 2.62 bits per heavy atom. The molecule has 0 aliphatic carbocycles. The van der Waals surface area contributed by atoms with Crippen molar-refractivity contribution in [2.75, 3.05) is 32.6 Å². The van der Waals surface area contributed by atoms with E-state index in [1.165, 1.54) is 0 Å². The number of nitrogens with zero attached hydrogens (tertiary/aromatic N) is 1. The van der Waals surface area contributed by atoms with E-state index in [4.69, 9.17) is 9.47 Å². The highest BCUT2D eigenvalue weighted by Crippen LogP contribution is 2.24. The second-order valence-electron chi connectivity index (χ2n) is 6.98. The monoisotopic (exact) mass is 397 g/mol. The first-order valence-corrected chi connectivity index (χ1v) is 9.70. The minimum atomic E-state index is -0.221. The molecular weight excluding hydrogens is 370 g/mol. The number of hydrogen-bond donors (Lipinski definition) is 2. The fraction of sp³-hybridized carbons (Fsp3) is 0.364. The van der Waals surface area contributed by atoms with Gasteiger partial charge in [-0.05, 0) is 43.2 Å². The summed E-state index contributed by atoms with van der Waals surface area (Å²) in [4.78, 5) is 26.9. The smallest absolute Gasteiger partial charge is 0.317 e. The van der Waals surface area contributed by atoms with E-state index in [1.54, 1.807) is 19.1 Å². The summed E-state index contributed by atoms with van der Waals surface area (Å²) in [6.45, 7) is 1.35. The van der Waals surface area contributed by atoms with Crippen LogP contribution in [0, 0.1) is 5.92 Å². The highest BCUT2D eigenvalue weighted by atomic mass is 16.5. The Hall–Kier alpha value is -3.22. The van der Waals surface area contributed by atoms with Gasteiger partial charge in [-0.15, -0.1) is 0 Å². The zero-order chi connectivity index (χ0) is 20.6. The second kappa shape index (κ2) is 9.82. The van der Waals surface area contributed by atoms with E-state index in [1.807, 2.05) is 48.5 Å². The molecule has 0 bridgehead atoms. The fourth-order valence-corrected chi connectivity index (χ4v) is 3.44. The lowest BCUT2D eigenvalue weighted by molar-refractivity contribution is -0.121. The number of likely N-dealkylation sites (tertiary alicyclic amines) is 1. The van der Waals surface area contributed by atoms with Crippen LogP contribution in [0.5, 0.6) is 11.5 Å². The van der Waals surface area contributed by atoms with Crippen LogP contribution in [-0.2, 0) is 11.3 Å². The highest BCUT2D eigenvalue weighted by Gasteiger charge is 2.28. The maximum absolute atomic E-state index is 12.7. The molecule has 3 amide bonds. The maximum Gasteiger partial charge on any atom is 0.317 e. The standard InChI is InChI=1S/C22H27N3O4/c1-28-19-10-11-20(29-2)17(13-19)14-23-22(27)25-12-6-7-16(15-25)21(26)24-18-8-4-3-5-9-18/h3-5,8-11,13,16H,6-7,12,14-15H2,1-2H3,(H,23,27)(H,24,26). The van der Waals surface area contributed by atoms with E-state index in [2.05, 4.69) is 10.6 Å². The molecule has 0 saturated carbocycles. The summed E-state index contributed by atoms with van der Waals surface area (Å²) >= 11 is 0. The third-order valence-corrected chi connectivity index (χ3v) is 5.04. The van der Waals surface area contributed by atoms with E-state index in [9.17, 15) is 9.59 Å². The molecule has 1 heterocycles. The minimum Gasteiger partial charge on any atom is -0.497 e. The van der Waals surface area contributed by atoms with Gasteiger partial charge in [0.1, 0.15) is 11.5 Å². The van der Waals surface area contributed by atoms with Gasteiger partial charge in [-0.25, -0.2) is 4.79 Å². The predicted octanol–water partition coefficient (Wildman–Crippen LogP) is 3.26. The van der Waals surface area contributed by atoms with Crippen molar-refractivity contribution in [2.45, 2.75) is 19.4 Å². The molecule has 2 aromatic rings. The van der Waals surface area contributed by atoms with Crippen LogP contribution in [0.25, 0.3) is 0 Å². The summed E-state index contributed by atoms with van der Waals surface area (Å²) in [5.74, 6) is 1.11. The van der Waals surface area contributed by atoms with Crippen LogP contribution in [0.2, 0.25) is 0 Å². The maximum atomic E-state index is 12.7. The van der Waals surface area contributed by atoms with E-state index < -0.39 is 0 Å². The van der Waals surface area contributed by atoms with Crippen molar-refractivity contribution in [3.63, 3.8) is 0 Å². The Bertz CT molecular complexity index is 841. The lowest BCUT2D eigenvalue weighted by Gasteiger charge is -2.32. The second-order valence-corrected chi connectivity index (χ2v) is 6.98. The number of methoxy groups -OCH3 is 2. The number of rotatable bonds is 6. The van der Waals surface area contributed by atoms with E-state index >= 15 is 0 Å². The summed E-state index contributed by atoms with van der Waals surface area (Å²) in [7, 11) is 3.19. The van der Waals surface area contributed by atoms with Crippen molar-refractivity contribution >= 4 is 17.6 Å². The van der Waals surface area contributed by atoms with Gasteiger partial charge in [0, 0.05) is 30.9 Å². The first-order chi connectivity index (χ1) is 14.1. The molecule has 2 aromatic carbocycles. The number of para-hydroxylation sites is 1. The number of carbonyl (C=O) groups is 2. The van der Waals surface area contributed by atoms with Gasteiger partial charge in [0.15, 0.2) is 0 Å². The Kier molecular flexibility index (Phi) is 6.94. The fourth-order valence-electron chi connectivity index (χ4n) is 3.44. The van der Waals surface area contributed by atoms with Gasteiger partial charge >= 0.3 is 6.03 Å². The van der Waals surface area contributed by atoms with Crippen LogP contribution in [0.15, 0.2) is 48.5 Å². The van der Waals surface area contributed by atoms with Crippen LogP contribution in [0.1, 0.15) is 18.4 Å². The molecule has 7 heteroatoms. The number of urea groups is 1. The van der Waals surface area contributed by atoms with E-state index in [0.29, 0.717) is 31.1 Å². The zero-order valence-corrected chi connectivity index (χ0v) is 16.8.